The molecule has 0 bridgehead atoms. The standard InChI is InChI=1S/C20H23N5/c1-13(2)17-7-5-6-15(4)19(17)23-18-12-21-25-20(24-18)22-16-10-8-14(3)9-11-16/h5-13H,1-4H3,(H2,22,23,24,25). The lowest BCUT2D eigenvalue weighted by Gasteiger charge is -2.16. The Hall–Kier alpha value is -2.95. The van der Waals surface area contributed by atoms with Crippen LogP contribution in [0, 0.1) is 13.8 Å². The number of anilines is 4. The van der Waals surface area contributed by atoms with Gasteiger partial charge in [0.05, 0.1) is 6.20 Å². The van der Waals surface area contributed by atoms with Crippen LogP contribution in [0.2, 0.25) is 0 Å². The summed E-state index contributed by atoms with van der Waals surface area (Å²) in [4.78, 5) is 4.53. The van der Waals surface area contributed by atoms with E-state index in [2.05, 4.69) is 71.7 Å². The average Bonchev–Trinajstić information content (AvgIpc) is 2.59. The molecule has 0 atom stereocenters. The number of nitrogens with zero attached hydrogens (tertiary/aromatic N) is 3. The first-order valence-corrected chi connectivity index (χ1v) is 8.43. The van der Waals surface area contributed by atoms with Gasteiger partial charge < -0.3 is 10.6 Å². The van der Waals surface area contributed by atoms with Gasteiger partial charge in [-0.05, 0) is 43.0 Å². The van der Waals surface area contributed by atoms with E-state index in [1.165, 1.54) is 16.7 Å². The van der Waals surface area contributed by atoms with E-state index in [1.54, 1.807) is 6.20 Å². The van der Waals surface area contributed by atoms with E-state index >= 15 is 0 Å². The summed E-state index contributed by atoms with van der Waals surface area (Å²) < 4.78 is 0. The number of aromatic nitrogens is 3. The normalized spacial score (nSPS) is 10.8. The Morgan fingerprint density at radius 1 is 0.920 bits per heavy atom. The predicted molar refractivity (Wildman–Crippen MR) is 103 cm³/mol. The maximum Gasteiger partial charge on any atom is 0.249 e. The molecule has 3 aromatic rings. The monoisotopic (exact) mass is 333 g/mol. The summed E-state index contributed by atoms with van der Waals surface area (Å²) in [7, 11) is 0. The van der Waals surface area contributed by atoms with Gasteiger partial charge in [0.15, 0.2) is 5.82 Å². The van der Waals surface area contributed by atoms with Crippen LogP contribution < -0.4 is 10.6 Å². The van der Waals surface area contributed by atoms with Gasteiger partial charge in [-0.3, -0.25) is 0 Å². The fraction of sp³-hybridized carbons (Fsp3) is 0.250. The minimum absolute atomic E-state index is 0.419. The Morgan fingerprint density at radius 3 is 2.40 bits per heavy atom. The Balaban J connectivity index is 1.84. The van der Waals surface area contributed by atoms with Crippen molar-refractivity contribution in [2.24, 2.45) is 0 Å². The summed E-state index contributed by atoms with van der Waals surface area (Å²) in [5.41, 5.74) is 5.66. The number of aryl methyl sites for hydroxylation is 2. The van der Waals surface area contributed by atoms with Crippen molar-refractivity contribution in [1.29, 1.82) is 0 Å². The van der Waals surface area contributed by atoms with Crippen LogP contribution in [-0.4, -0.2) is 15.2 Å². The van der Waals surface area contributed by atoms with Crippen LogP contribution >= 0.6 is 0 Å². The lowest BCUT2D eigenvalue weighted by Crippen LogP contribution is -2.05. The molecule has 0 spiro atoms. The molecule has 2 N–H and O–H groups in total. The summed E-state index contributed by atoms with van der Waals surface area (Å²) in [6.45, 7) is 8.51. The Kier molecular flexibility index (Phi) is 4.93. The second-order valence-corrected chi connectivity index (χ2v) is 6.48. The van der Waals surface area contributed by atoms with Crippen molar-refractivity contribution < 1.29 is 0 Å². The molecule has 0 aliphatic heterocycles. The molecule has 128 valence electrons. The van der Waals surface area contributed by atoms with Gasteiger partial charge in [0, 0.05) is 11.4 Å². The van der Waals surface area contributed by atoms with Crippen molar-refractivity contribution in [2.45, 2.75) is 33.6 Å². The molecular formula is C20H23N5. The van der Waals surface area contributed by atoms with E-state index in [0.717, 1.165) is 11.4 Å². The summed E-state index contributed by atoms with van der Waals surface area (Å²) in [6.07, 6.45) is 1.64. The Morgan fingerprint density at radius 2 is 1.68 bits per heavy atom. The van der Waals surface area contributed by atoms with E-state index < -0.39 is 0 Å². The van der Waals surface area contributed by atoms with Gasteiger partial charge in [-0.25, -0.2) is 0 Å². The molecule has 5 heteroatoms. The van der Waals surface area contributed by atoms with Gasteiger partial charge in [-0.15, -0.1) is 5.10 Å². The molecule has 25 heavy (non-hydrogen) atoms. The Bertz CT molecular complexity index is 856. The quantitative estimate of drug-likeness (QED) is 0.680. The predicted octanol–water partition coefficient (Wildman–Crippen LogP) is 5.10. The van der Waals surface area contributed by atoms with Crippen molar-refractivity contribution in [2.75, 3.05) is 10.6 Å². The lowest BCUT2D eigenvalue weighted by atomic mass is 9.98. The van der Waals surface area contributed by atoms with Crippen LogP contribution in [0.4, 0.5) is 23.1 Å². The highest BCUT2D eigenvalue weighted by Crippen LogP contribution is 2.29. The molecule has 0 fully saturated rings. The van der Waals surface area contributed by atoms with Gasteiger partial charge in [0.2, 0.25) is 5.95 Å². The molecular weight excluding hydrogens is 310 g/mol. The van der Waals surface area contributed by atoms with Crippen LogP contribution in [0.25, 0.3) is 0 Å². The molecule has 3 rings (SSSR count). The first-order chi connectivity index (χ1) is 12.0. The second kappa shape index (κ2) is 7.30. The highest BCUT2D eigenvalue weighted by Gasteiger charge is 2.10. The molecule has 0 unspecified atom stereocenters. The number of para-hydroxylation sites is 1. The summed E-state index contributed by atoms with van der Waals surface area (Å²) in [5.74, 6) is 1.55. The SMILES string of the molecule is Cc1ccc(Nc2nncc(Nc3c(C)cccc3C(C)C)n2)cc1. The molecule has 0 saturated carbocycles. The maximum atomic E-state index is 4.53. The van der Waals surface area contributed by atoms with Crippen molar-refractivity contribution in [1.82, 2.24) is 15.2 Å². The summed E-state index contributed by atoms with van der Waals surface area (Å²) in [5, 5.41) is 14.7. The first-order valence-electron chi connectivity index (χ1n) is 8.43. The van der Waals surface area contributed by atoms with Crippen LogP contribution in [-0.2, 0) is 0 Å². The number of hydrogen-bond acceptors (Lipinski definition) is 5. The largest absolute Gasteiger partial charge is 0.338 e. The third-order valence-electron chi connectivity index (χ3n) is 4.05. The van der Waals surface area contributed by atoms with Crippen LogP contribution in [0.3, 0.4) is 0 Å². The minimum Gasteiger partial charge on any atom is -0.338 e. The number of rotatable bonds is 5. The number of hydrogen-bond donors (Lipinski definition) is 2. The van der Waals surface area contributed by atoms with Crippen molar-refractivity contribution in [3.8, 4) is 0 Å². The molecule has 0 aliphatic carbocycles. The van der Waals surface area contributed by atoms with E-state index in [1.807, 2.05) is 24.3 Å². The second-order valence-electron chi connectivity index (χ2n) is 6.48. The lowest BCUT2D eigenvalue weighted by molar-refractivity contribution is 0.866. The molecule has 0 aliphatic rings. The molecule has 2 aromatic carbocycles. The van der Waals surface area contributed by atoms with Crippen molar-refractivity contribution in [3.05, 3.63) is 65.4 Å². The zero-order valence-corrected chi connectivity index (χ0v) is 15.0. The maximum absolute atomic E-state index is 4.53. The van der Waals surface area contributed by atoms with E-state index in [0.29, 0.717) is 17.7 Å². The molecule has 0 saturated heterocycles. The van der Waals surface area contributed by atoms with Crippen LogP contribution in [0.5, 0.6) is 0 Å². The van der Waals surface area contributed by atoms with Gasteiger partial charge in [-0.1, -0.05) is 49.7 Å². The van der Waals surface area contributed by atoms with E-state index in [9.17, 15) is 0 Å². The molecule has 5 nitrogen and oxygen atoms in total. The van der Waals surface area contributed by atoms with Crippen LogP contribution in [0.15, 0.2) is 48.7 Å². The van der Waals surface area contributed by atoms with E-state index in [-0.39, 0.29) is 0 Å². The third kappa shape index (κ3) is 4.12. The topological polar surface area (TPSA) is 62.7 Å². The molecule has 1 heterocycles. The minimum atomic E-state index is 0.419. The first kappa shape index (κ1) is 16.9. The summed E-state index contributed by atoms with van der Waals surface area (Å²) >= 11 is 0. The zero-order valence-electron chi connectivity index (χ0n) is 15.0. The Labute approximate surface area is 148 Å². The van der Waals surface area contributed by atoms with Gasteiger partial charge in [-0.2, -0.15) is 10.1 Å². The zero-order chi connectivity index (χ0) is 17.8. The highest BCUT2D eigenvalue weighted by atomic mass is 15.3. The fourth-order valence-corrected chi connectivity index (χ4v) is 2.65. The van der Waals surface area contributed by atoms with E-state index in [4.69, 9.17) is 0 Å². The molecule has 0 amide bonds. The van der Waals surface area contributed by atoms with Gasteiger partial charge in [0.1, 0.15) is 0 Å². The fourth-order valence-electron chi connectivity index (χ4n) is 2.65. The van der Waals surface area contributed by atoms with Crippen molar-refractivity contribution in [3.63, 3.8) is 0 Å². The molecule has 0 radical (unpaired) electrons. The third-order valence-corrected chi connectivity index (χ3v) is 4.05. The highest BCUT2D eigenvalue weighted by molar-refractivity contribution is 5.66. The number of benzene rings is 2. The average molecular weight is 333 g/mol. The molecule has 1 aromatic heterocycles. The number of nitrogens with one attached hydrogen (secondary N) is 2. The van der Waals surface area contributed by atoms with Gasteiger partial charge in [0.25, 0.3) is 0 Å². The van der Waals surface area contributed by atoms with Crippen LogP contribution in [0.1, 0.15) is 36.5 Å². The smallest absolute Gasteiger partial charge is 0.249 e. The van der Waals surface area contributed by atoms with Gasteiger partial charge >= 0.3 is 0 Å². The summed E-state index contributed by atoms with van der Waals surface area (Å²) in [6, 6.07) is 14.4. The van der Waals surface area contributed by atoms with Crippen molar-refractivity contribution >= 4 is 23.1 Å².